The Labute approximate surface area is 125 Å². The second-order valence-electron chi connectivity index (χ2n) is 5.79. The molecule has 1 saturated heterocycles. The van der Waals surface area contributed by atoms with Crippen LogP contribution in [0.25, 0.3) is 0 Å². The van der Waals surface area contributed by atoms with Gasteiger partial charge in [0.2, 0.25) is 5.91 Å². The average Bonchev–Trinajstić information content (AvgIpc) is 2.48. The Kier molecular flexibility index (Phi) is 5.33. The third-order valence-corrected chi connectivity index (χ3v) is 4.06. The Morgan fingerprint density at radius 1 is 1.48 bits per heavy atom. The van der Waals surface area contributed by atoms with Gasteiger partial charge in [-0.3, -0.25) is 9.69 Å². The molecule has 3 N–H and O–H groups in total. The lowest BCUT2D eigenvalue weighted by molar-refractivity contribution is -0.134. The molecule has 1 aromatic rings. The van der Waals surface area contributed by atoms with E-state index in [1.807, 2.05) is 12.1 Å². The highest BCUT2D eigenvalue weighted by atomic mass is 16.5. The molecule has 5 nitrogen and oxygen atoms in total. The van der Waals surface area contributed by atoms with Crippen LogP contribution in [-0.4, -0.2) is 54.4 Å². The lowest BCUT2D eigenvalue weighted by Gasteiger charge is -2.42. The van der Waals surface area contributed by atoms with Gasteiger partial charge in [0.25, 0.3) is 0 Å². The van der Waals surface area contributed by atoms with E-state index in [-0.39, 0.29) is 12.5 Å². The predicted molar refractivity (Wildman–Crippen MR) is 80.9 cm³/mol. The summed E-state index contributed by atoms with van der Waals surface area (Å²) in [5, 5.41) is 9.85. The van der Waals surface area contributed by atoms with Gasteiger partial charge in [-0.25, -0.2) is 0 Å². The molecule has 1 atom stereocenters. The molecular weight excluding hydrogens is 268 g/mol. The molecular formula is C16H24N2O3. The highest BCUT2D eigenvalue weighted by molar-refractivity contribution is 5.73. The largest absolute Gasteiger partial charge is 0.393 e. The molecule has 21 heavy (non-hydrogen) atoms. The van der Waals surface area contributed by atoms with Crippen molar-refractivity contribution in [2.45, 2.75) is 25.4 Å². The van der Waals surface area contributed by atoms with Crippen molar-refractivity contribution in [3.63, 3.8) is 0 Å². The molecule has 1 amide bonds. The van der Waals surface area contributed by atoms with Crippen LogP contribution in [0.2, 0.25) is 0 Å². The van der Waals surface area contributed by atoms with Gasteiger partial charge < -0.3 is 15.6 Å². The monoisotopic (exact) mass is 292 g/mol. The third kappa shape index (κ3) is 4.27. The summed E-state index contributed by atoms with van der Waals surface area (Å²) < 4.78 is 5.90. The number of aryl methyl sites for hydroxylation is 1. The highest BCUT2D eigenvalue weighted by Crippen LogP contribution is 2.24. The molecule has 0 aliphatic carbocycles. The van der Waals surface area contributed by atoms with Crippen LogP contribution >= 0.6 is 0 Å². The second-order valence-corrected chi connectivity index (χ2v) is 5.79. The first-order valence-electron chi connectivity index (χ1n) is 7.35. The van der Waals surface area contributed by atoms with Crippen LogP contribution in [-0.2, 0) is 16.0 Å². The summed E-state index contributed by atoms with van der Waals surface area (Å²) in [7, 11) is 0. The van der Waals surface area contributed by atoms with Crippen LogP contribution in [0.1, 0.15) is 17.5 Å². The molecule has 1 aliphatic heterocycles. The zero-order chi connectivity index (χ0) is 15.3. The Bertz CT molecular complexity index is 492. The van der Waals surface area contributed by atoms with E-state index in [2.05, 4.69) is 24.0 Å². The van der Waals surface area contributed by atoms with Crippen LogP contribution < -0.4 is 5.73 Å². The Hall–Kier alpha value is -1.43. The van der Waals surface area contributed by atoms with Gasteiger partial charge in [-0.2, -0.15) is 0 Å². The number of amides is 1. The fraction of sp³-hybridized carbons (Fsp3) is 0.562. The van der Waals surface area contributed by atoms with Crippen molar-refractivity contribution in [2.75, 3.05) is 32.8 Å². The zero-order valence-corrected chi connectivity index (χ0v) is 12.5. The number of benzene rings is 1. The lowest BCUT2D eigenvalue weighted by atomic mass is 9.91. The minimum Gasteiger partial charge on any atom is -0.393 e. The number of aliphatic hydroxyl groups excluding tert-OH is 1. The van der Waals surface area contributed by atoms with E-state index in [9.17, 15) is 9.90 Å². The van der Waals surface area contributed by atoms with E-state index in [0.717, 1.165) is 6.54 Å². The summed E-state index contributed by atoms with van der Waals surface area (Å²) in [6.45, 7) is 4.59. The molecule has 0 radical (unpaired) electrons. The molecule has 0 saturated carbocycles. The maximum Gasteiger partial charge on any atom is 0.218 e. The van der Waals surface area contributed by atoms with Crippen LogP contribution in [0.3, 0.4) is 0 Å². The highest BCUT2D eigenvalue weighted by Gasteiger charge is 2.36. The second kappa shape index (κ2) is 7.02. The normalized spacial score (nSPS) is 23.1. The number of nitrogens with zero attached hydrogens (tertiary/aromatic N) is 1. The van der Waals surface area contributed by atoms with Crippen LogP contribution in [0.4, 0.5) is 0 Å². The number of carbonyl (C=O) groups is 1. The molecule has 5 heteroatoms. The zero-order valence-electron chi connectivity index (χ0n) is 12.5. The molecule has 0 spiro atoms. The van der Waals surface area contributed by atoms with Crippen molar-refractivity contribution in [3.05, 3.63) is 35.4 Å². The molecule has 116 valence electrons. The molecule has 1 heterocycles. The molecule has 1 fully saturated rings. The van der Waals surface area contributed by atoms with Gasteiger partial charge in [-0.15, -0.1) is 0 Å². The van der Waals surface area contributed by atoms with Crippen LogP contribution in [0.15, 0.2) is 24.3 Å². The molecule has 2 rings (SSSR count). The van der Waals surface area contributed by atoms with Gasteiger partial charge in [-0.05, 0) is 18.1 Å². The van der Waals surface area contributed by atoms with E-state index in [4.69, 9.17) is 10.5 Å². The Morgan fingerprint density at radius 2 is 2.24 bits per heavy atom. The molecule has 0 aromatic heterocycles. The molecule has 1 aromatic carbocycles. The van der Waals surface area contributed by atoms with Crippen LogP contribution in [0.5, 0.6) is 0 Å². The van der Waals surface area contributed by atoms with Crippen molar-refractivity contribution in [1.29, 1.82) is 0 Å². The topological polar surface area (TPSA) is 75.8 Å². The first-order chi connectivity index (χ1) is 10.0. The number of carbonyl (C=O) groups excluding carboxylic acids is 1. The van der Waals surface area contributed by atoms with Gasteiger partial charge in [0.05, 0.1) is 13.2 Å². The summed E-state index contributed by atoms with van der Waals surface area (Å²) in [5.74, 6) is -0.296. The van der Waals surface area contributed by atoms with Crippen molar-refractivity contribution >= 4 is 5.91 Å². The van der Waals surface area contributed by atoms with Crippen molar-refractivity contribution in [1.82, 2.24) is 4.90 Å². The van der Waals surface area contributed by atoms with Gasteiger partial charge in [0.1, 0.15) is 5.60 Å². The number of hydrogen-bond acceptors (Lipinski definition) is 4. The standard InChI is InChI=1S/C16H24N2O3/c1-13-4-2-3-5-14(13)10-16(12-19)11-18(8-9-21-16)7-6-15(17)20/h2-5,19H,6-12H2,1H3,(H2,17,20)/t16-/m1/s1. The van der Waals surface area contributed by atoms with E-state index >= 15 is 0 Å². The van der Waals surface area contributed by atoms with E-state index in [1.165, 1.54) is 11.1 Å². The summed E-state index contributed by atoms with van der Waals surface area (Å²) in [6.07, 6.45) is 1.01. The van der Waals surface area contributed by atoms with Gasteiger partial charge >= 0.3 is 0 Å². The van der Waals surface area contributed by atoms with Gasteiger partial charge in [-0.1, -0.05) is 24.3 Å². The summed E-state index contributed by atoms with van der Waals surface area (Å²) in [5.41, 5.74) is 6.99. The van der Waals surface area contributed by atoms with Crippen molar-refractivity contribution in [3.8, 4) is 0 Å². The number of primary amides is 1. The molecule has 0 bridgehead atoms. The van der Waals surface area contributed by atoms with E-state index in [0.29, 0.717) is 32.5 Å². The quantitative estimate of drug-likeness (QED) is 0.799. The van der Waals surface area contributed by atoms with Crippen molar-refractivity contribution < 1.29 is 14.6 Å². The average molecular weight is 292 g/mol. The summed E-state index contributed by atoms with van der Waals surface area (Å²) >= 11 is 0. The smallest absolute Gasteiger partial charge is 0.218 e. The number of ether oxygens (including phenoxy) is 1. The first-order valence-corrected chi connectivity index (χ1v) is 7.35. The first kappa shape index (κ1) is 15.9. The number of rotatable bonds is 6. The van der Waals surface area contributed by atoms with Crippen molar-refractivity contribution in [2.24, 2.45) is 5.73 Å². The van der Waals surface area contributed by atoms with Gasteiger partial charge in [0.15, 0.2) is 0 Å². The summed E-state index contributed by atoms with van der Waals surface area (Å²) in [4.78, 5) is 13.1. The number of hydrogen-bond donors (Lipinski definition) is 2. The fourth-order valence-electron chi connectivity index (χ4n) is 2.80. The molecule has 1 aliphatic rings. The predicted octanol–water partition coefficient (Wildman–Crippen LogP) is 0.476. The SMILES string of the molecule is Cc1ccccc1C[C@]1(CO)CN(CCC(N)=O)CCO1. The number of aliphatic hydroxyl groups is 1. The van der Waals surface area contributed by atoms with Gasteiger partial charge in [0, 0.05) is 32.5 Å². The summed E-state index contributed by atoms with van der Waals surface area (Å²) in [6, 6.07) is 8.14. The van der Waals surface area contributed by atoms with E-state index in [1.54, 1.807) is 0 Å². The lowest BCUT2D eigenvalue weighted by Crippen LogP contribution is -2.55. The fourth-order valence-corrected chi connectivity index (χ4v) is 2.80. The van der Waals surface area contributed by atoms with Crippen LogP contribution in [0, 0.1) is 6.92 Å². The molecule has 0 unspecified atom stereocenters. The number of morpholine rings is 1. The maximum absolute atomic E-state index is 10.9. The minimum atomic E-state index is -0.595. The number of nitrogens with two attached hydrogens (primary N) is 1. The third-order valence-electron chi connectivity index (χ3n) is 4.06. The Balaban J connectivity index is 2.06. The van der Waals surface area contributed by atoms with E-state index < -0.39 is 5.60 Å². The Morgan fingerprint density at radius 3 is 2.90 bits per heavy atom. The maximum atomic E-state index is 10.9. The minimum absolute atomic E-state index is 0.0333.